The van der Waals surface area contributed by atoms with Crippen molar-refractivity contribution in [2.24, 2.45) is 5.92 Å². The molecule has 40 heavy (non-hydrogen) atoms. The number of halogens is 1. The number of carbonyl (C=O) groups excluding carboxylic acids is 2. The van der Waals surface area contributed by atoms with Crippen LogP contribution in [0, 0.1) is 11.7 Å². The molecule has 5 rings (SSSR count). The molecule has 1 atom stereocenters. The number of ether oxygens (including phenoxy) is 1. The van der Waals surface area contributed by atoms with E-state index in [1.807, 2.05) is 30.3 Å². The van der Waals surface area contributed by atoms with Gasteiger partial charge in [-0.15, -0.1) is 0 Å². The highest BCUT2D eigenvalue weighted by Gasteiger charge is 2.56. The Bertz CT molecular complexity index is 1420. The minimum absolute atomic E-state index is 0.00246. The Hall–Kier alpha value is -3.98. The maximum absolute atomic E-state index is 14.1. The smallest absolute Gasteiger partial charge is 0.276 e. The molecular formula is C31H35FN4O4. The molecule has 2 amide bonds. The molecule has 0 aliphatic carbocycles. The van der Waals surface area contributed by atoms with E-state index in [1.165, 1.54) is 18.2 Å². The van der Waals surface area contributed by atoms with Crippen LogP contribution in [0.4, 0.5) is 4.39 Å². The van der Waals surface area contributed by atoms with E-state index in [-0.39, 0.29) is 47.7 Å². The largest absolute Gasteiger partial charge is 0.483 e. The van der Waals surface area contributed by atoms with E-state index in [0.29, 0.717) is 39.0 Å². The van der Waals surface area contributed by atoms with Crippen LogP contribution in [-0.2, 0) is 24.4 Å². The normalized spacial score (nSPS) is 18.8. The number of carbonyl (C=O) groups is 2. The van der Waals surface area contributed by atoms with Crippen molar-refractivity contribution in [3.05, 3.63) is 99.7 Å². The molecule has 9 heteroatoms. The molecule has 0 radical (unpaired) electrons. The van der Waals surface area contributed by atoms with Gasteiger partial charge in [-0.2, -0.15) is 0 Å². The Labute approximate surface area is 233 Å². The van der Waals surface area contributed by atoms with Crippen LogP contribution in [0.25, 0.3) is 0 Å². The molecule has 1 N–H and O–H groups in total. The second-order valence-corrected chi connectivity index (χ2v) is 10.9. The first-order valence-electron chi connectivity index (χ1n) is 13.8. The molecule has 8 nitrogen and oxygen atoms in total. The molecule has 0 saturated carbocycles. The van der Waals surface area contributed by atoms with Gasteiger partial charge in [-0.25, -0.2) is 4.39 Å². The molecule has 0 spiro atoms. The maximum Gasteiger partial charge on any atom is 0.276 e. The molecule has 1 aromatic heterocycles. The number of hydrogen-bond acceptors (Lipinski definition) is 5. The lowest BCUT2D eigenvalue weighted by molar-refractivity contribution is -0.156. The first-order chi connectivity index (χ1) is 19.3. The highest BCUT2D eigenvalue weighted by atomic mass is 19.1. The molecule has 0 bridgehead atoms. The Morgan fingerprint density at radius 3 is 2.50 bits per heavy atom. The van der Waals surface area contributed by atoms with Crippen LogP contribution in [-0.4, -0.2) is 58.0 Å². The van der Waals surface area contributed by atoms with Crippen molar-refractivity contribution >= 4 is 11.8 Å². The zero-order chi connectivity index (χ0) is 28.3. The van der Waals surface area contributed by atoms with Crippen LogP contribution in [0.5, 0.6) is 5.75 Å². The van der Waals surface area contributed by atoms with Crippen molar-refractivity contribution in [1.29, 1.82) is 0 Å². The van der Waals surface area contributed by atoms with E-state index in [9.17, 15) is 18.8 Å². The SMILES string of the molecule is CC(C)CN1CCCN2C(=O)c3c(OCc4ccccc4)c(=O)ccn3C[C@]12C(=O)NCCc1ccc(F)cc1. The van der Waals surface area contributed by atoms with Gasteiger partial charge in [-0.05, 0) is 42.0 Å². The standard InChI is InChI=1S/C31H35FN4O4/c1-22(2)19-35-16-6-17-36-29(38)27-28(40-20-24-7-4-3-5-8-24)26(37)14-18-34(27)21-31(35,36)30(39)33-15-13-23-9-11-25(32)12-10-23/h3-5,7-12,14,18,22H,6,13,15-17,19-21H2,1-2H3,(H,33,39)/t31-/m0/s1. The second-order valence-electron chi connectivity index (χ2n) is 10.9. The Morgan fingerprint density at radius 2 is 1.77 bits per heavy atom. The van der Waals surface area contributed by atoms with Gasteiger partial charge in [0.15, 0.2) is 17.1 Å². The summed E-state index contributed by atoms with van der Waals surface area (Å²) in [7, 11) is 0. The first kappa shape index (κ1) is 27.6. The van der Waals surface area contributed by atoms with Gasteiger partial charge in [0, 0.05) is 38.4 Å². The summed E-state index contributed by atoms with van der Waals surface area (Å²) in [6.07, 6.45) is 2.82. The zero-order valence-corrected chi connectivity index (χ0v) is 22.9. The van der Waals surface area contributed by atoms with Crippen molar-refractivity contribution in [3.8, 4) is 5.75 Å². The second kappa shape index (κ2) is 11.6. The van der Waals surface area contributed by atoms with Crippen molar-refractivity contribution in [2.75, 3.05) is 26.2 Å². The highest BCUT2D eigenvalue weighted by Crippen LogP contribution is 2.36. The summed E-state index contributed by atoms with van der Waals surface area (Å²) in [4.78, 5) is 44.9. The number of hydrogen-bond donors (Lipinski definition) is 1. The third-order valence-corrected chi connectivity index (χ3v) is 7.54. The maximum atomic E-state index is 14.1. The van der Waals surface area contributed by atoms with Gasteiger partial charge < -0.3 is 19.5 Å². The number of amides is 2. The van der Waals surface area contributed by atoms with Crippen molar-refractivity contribution in [1.82, 2.24) is 19.7 Å². The van der Waals surface area contributed by atoms with Crippen LogP contribution in [0.3, 0.4) is 0 Å². The van der Waals surface area contributed by atoms with Gasteiger partial charge in [-0.1, -0.05) is 56.3 Å². The monoisotopic (exact) mass is 546 g/mol. The third kappa shape index (κ3) is 5.38. The van der Waals surface area contributed by atoms with Crippen molar-refractivity contribution in [3.63, 3.8) is 0 Å². The molecule has 3 aromatic rings. The summed E-state index contributed by atoms with van der Waals surface area (Å²) >= 11 is 0. The van der Waals surface area contributed by atoms with Crippen molar-refractivity contribution in [2.45, 2.75) is 45.5 Å². The number of aromatic nitrogens is 1. The number of pyridine rings is 1. The quantitative estimate of drug-likeness (QED) is 0.445. The fraction of sp³-hybridized carbons (Fsp3) is 0.387. The van der Waals surface area contributed by atoms with E-state index in [1.54, 1.807) is 27.8 Å². The molecule has 1 fully saturated rings. The molecule has 0 unspecified atom stereocenters. The van der Waals surface area contributed by atoms with Gasteiger partial charge in [0.05, 0.1) is 6.54 Å². The van der Waals surface area contributed by atoms with Crippen molar-refractivity contribution < 1.29 is 18.7 Å². The average molecular weight is 547 g/mol. The topological polar surface area (TPSA) is 83.9 Å². The predicted octanol–water partition coefficient (Wildman–Crippen LogP) is 3.44. The summed E-state index contributed by atoms with van der Waals surface area (Å²) in [6, 6.07) is 17.1. The Kier molecular flexibility index (Phi) is 8.02. The van der Waals surface area contributed by atoms with Crippen LogP contribution in [0.15, 0.2) is 71.7 Å². The van der Waals surface area contributed by atoms with E-state index >= 15 is 0 Å². The summed E-state index contributed by atoms with van der Waals surface area (Å²) in [5, 5.41) is 3.06. The van der Waals surface area contributed by atoms with Crippen LogP contribution in [0.2, 0.25) is 0 Å². The summed E-state index contributed by atoms with van der Waals surface area (Å²) in [6.45, 7) is 6.52. The van der Waals surface area contributed by atoms with Gasteiger partial charge >= 0.3 is 0 Å². The number of nitrogens with one attached hydrogen (secondary N) is 1. The minimum atomic E-state index is -1.25. The van der Waals surface area contributed by atoms with E-state index in [4.69, 9.17) is 4.74 Å². The lowest BCUT2D eigenvalue weighted by Gasteiger charge is -2.55. The lowest BCUT2D eigenvalue weighted by atomic mass is 9.94. The number of nitrogens with zero attached hydrogens (tertiary/aromatic N) is 3. The van der Waals surface area contributed by atoms with E-state index in [2.05, 4.69) is 24.1 Å². The molecule has 210 valence electrons. The minimum Gasteiger partial charge on any atom is -0.483 e. The third-order valence-electron chi connectivity index (χ3n) is 7.54. The van der Waals surface area contributed by atoms with Gasteiger partial charge in [0.25, 0.3) is 11.8 Å². The predicted molar refractivity (Wildman–Crippen MR) is 149 cm³/mol. The van der Waals surface area contributed by atoms with E-state index in [0.717, 1.165) is 11.1 Å². The number of rotatable bonds is 9. The fourth-order valence-corrected chi connectivity index (χ4v) is 5.69. The van der Waals surface area contributed by atoms with E-state index < -0.39 is 11.6 Å². The molecule has 2 aliphatic rings. The molecule has 3 heterocycles. The fourth-order valence-electron chi connectivity index (χ4n) is 5.69. The zero-order valence-electron chi connectivity index (χ0n) is 22.9. The highest BCUT2D eigenvalue weighted by molar-refractivity contribution is 6.01. The average Bonchev–Trinajstić information content (AvgIpc) is 2.94. The molecule has 2 aliphatic heterocycles. The Morgan fingerprint density at radius 1 is 1.02 bits per heavy atom. The number of fused-ring (bicyclic) bond motifs is 2. The Balaban J connectivity index is 1.47. The van der Waals surface area contributed by atoms with Crippen LogP contribution < -0.4 is 15.5 Å². The van der Waals surface area contributed by atoms with Crippen LogP contribution >= 0.6 is 0 Å². The summed E-state index contributed by atoms with van der Waals surface area (Å²) < 4.78 is 21.0. The van der Waals surface area contributed by atoms with Gasteiger partial charge in [0.2, 0.25) is 5.43 Å². The van der Waals surface area contributed by atoms with Crippen LogP contribution in [0.1, 0.15) is 41.9 Å². The first-order valence-corrected chi connectivity index (χ1v) is 13.8. The molecular weight excluding hydrogens is 511 g/mol. The molecule has 1 saturated heterocycles. The van der Waals surface area contributed by atoms with Gasteiger partial charge in [-0.3, -0.25) is 19.3 Å². The number of benzene rings is 2. The lowest BCUT2D eigenvalue weighted by Crippen LogP contribution is -2.76. The summed E-state index contributed by atoms with van der Waals surface area (Å²) in [5.41, 5.74) is 0.332. The molecule has 2 aromatic carbocycles. The van der Waals surface area contributed by atoms with Gasteiger partial charge in [0.1, 0.15) is 12.4 Å². The summed E-state index contributed by atoms with van der Waals surface area (Å²) in [5.74, 6) is -0.700.